The van der Waals surface area contributed by atoms with E-state index in [1.165, 1.54) is 12.1 Å². The van der Waals surface area contributed by atoms with Crippen molar-refractivity contribution in [3.05, 3.63) is 63.1 Å². The summed E-state index contributed by atoms with van der Waals surface area (Å²) in [5.74, 6) is -31.8. The molecule has 0 bridgehead atoms. The van der Waals surface area contributed by atoms with Gasteiger partial charge in [-0.05, 0) is 54.3 Å². The van der Waals surface area contributed by atoms with Crippen LogP contribution in [0.25, 0.3) is 43.1 Å². The molecule has 59 heavy (non-hydrogen) atoms. The number of benzene rings is 5. The van der Waals surface area contributed by atoms with Crippen LogP contribution in [0.15, 0.2) is 40.9 Å². The van der Waals surface area contributed by atoms with Crippen LogP contribution in [0.4, 0.5) is 67.2 Å². The second kappa shape index (κ2) is 12.5. The number of halogens is 15. The summed E-state index contributed by atoms with van der Waals surface area (Å²) in [4.78, 5) is 56.0. The number of alkyl halides is 14. The van der Waals surface area contributed by atoms with Crippen molar-refractivity contribution >= 4 is 88.3 Å². The Morgan fingerprint density at radius 2 is 0.864 bits per heavy atom. The largest absolute Gasteiger partial charge is 0.459 e. The molecule has 0 aliphatic carbocycles. The molecule has 5 aromatic carbocycles. The molecule has 0 saturated carbocycles. The molecule has 3 aliphatic heterocycles. The Bertz CT molecular complexity index is 2710. The Morgan fingerprint density at radius 3 is 1.31 bits per heavy atom. The summed E-state index contributed by atoms with van der Waals surface area (Å²) in [6.07, 6.45) is -11.7. The monoisotopic (exact) mass is 915 g/mol. The highest BCUT2D eigenvalue weighted by molar-refractivity contribution is 9.10. The van der Waals surface area contributed by atoms with E-state index in [9.17, 15) is 80.6 Å². The molecule has 22 heteroatoms. The fourth-order valence-corrected chi connectivity index (χ4v) is 8.82. The van der Waals surface area contributed by atoms with Crippen molar-refractivity contribution < 1.29 is 80.6 Å². The van der Waals surface area contributed by atoms with Crippen molar-refractivity contribution in [2.24, 2.45) is 0 Å². The quantitative estimate of drug-likeness (QED) is 0.0704. The molecule has 0 unspecified atom stereocenters. The van der Waals surface area contributed by atoms with Crippen LogP contribution < -0.4 is 4.90 Å². The van der Waals surface area contributed by atoms with Gasteiger partial charge >= 0.3 is 36.0 Å². The molecule has 312 valence electrons. The number of nitrogens with zero attached hydrogens (tertiary/aromatic N) is 3. The fraction of sp³-hybridized carbons (Fsp3) is 0.351. The molecule has 5 aromatic rings. The number of imide groups is 2. The predicted molar refractivity (Wildman–Crippen MR) is 184 cm³/mol. The first-order valence-corrected chi connectivity index (χ1v) is 18.0. The van der Waals surface area contributed by atoms with Crippen molar-refractivity contribution in [1.29, 1.82) is 0 Å². The third-order valence-electron chi connectivity index (χ3n) is 11.0. The van der Waals surface area contributed by atoms with Gasteiger partial charge in [-0.2, -0.15) is 61.5 Å². The van der Waals surface area contributed by atoms with Crippen LogP contribution in [-0.4, -0.2) is 95.7 Å². The summed E-state index contributed by atoms with van der Waals surface area (Å²) in [6.45, 7) is -4.73. The van der Waals surface area contributed by atoms with Gasteiger partial charge in [0.05, 0.1) is 18.7 Å². The van der Waals surface area contributed by atoms with Crippen molar-refractivity contribution in [2.75, 3.05) is 31.1 Å². The van der Waals surface area contributed by atoms with Gasteiger partial charge in [0.15, 0.2) is 0 Å². The van der Waals surface area contributed by atoms with Crippen LogP contribution in [0.3, 0.4) is 0 Å². The van der Waals surface area contributed by atoms with Gasteiger partial charge in [0.25, 0.3) is 23.6 Å². The number of hydrogen-bond donors (Lipinski definition) is 0. The van der Waals surface area contributed by atoms with Gasteiger partial charge in [-0.1, -0.05) is 28.1 Å². The average Bonchev–Trinajstić information content (AvgIpc) is 3.15. The lowest BCUT2D eigenvalue weighted by Crippen LogP contribution is -2.59. The van der Waals surface area contributed by atoms with E-state index in [1.54, 1.807) is 4.90 Å². The minimum atomic E-state index is -6.76. The van der Waals surface area contributed by atoms with Crippen LogP contribution in [0.1, 0.15) is 60.7 Å². The van der Waals surface area contributed by atoms with Crippen molar-refractivity contribution in [2.45, 2.75) is 55.3 Å². The maximum Gasteiger partial charge on any atom is 0.459 e. The standard InChI is InChI=1S/C37H20BrF14N3O4/c38-20-10-18-22-16(28(56)54(30(18)58)12-32(39,40)34(43,44)36(47,48)49)7-5-15-25-21(53-8-2-1-3-9-53)11-19-23-17(6-4-14(27(23)25)24(20)26(15)22)29(57)55(31(19)59)13-33(41,42)35(45,46)37(50,51)52/h4-7,10-11H,1-3,8-9,12-13H2. The summed E-state index contributed by atoms with van der Waals surface area (Å²) in [5, 5.41) is 0.284. The SMILES string of the molecule is O=C1c2ccc3c4c(N5CCCCC5)cc5c6c(ccc(c7c(Br)cc(c2c37)C(=O)N1CC(F)(F)C(F)(F)C(F)(F)F)c64)C(=O)N(CC(F)(F)C(F)(F)C(F)(F)F)C5=O. The summed E-state index contributed by atoms with van der Waals surface area (Å²) < 4.78 is 193. The van der Waals surface area contributed by atoms with E-state index < -0.39 is 105 Å². The Morgan fingerprint density at radius 1 is 0.475 bits per heavy atom. The van der Waals surface area contributed by atoms with Gasteiger partial charge < -0.3 is 4.90 Å². The lowest BCUT2D eigenvalue weighted by Gasteiger charge is -2.36. The van der Waals surface area contributed by atoms with E-state index in [-0.39, 0.29) is 53.2 Å². The van der Waals surface area contributed by atoms with Crippen LogP contribution in [0.2, 0.25) is 0 Å². The maximum atomic E-state index is 14.8. The third kappa shape index (κ3) is 5.45. The Kier molecular flexibility index (Phi) is 8.64. The molecule has 0 atom stereocenters. The predicted octanol–water partition coefficient (Wildman–Crippen LogP) is 10.3. The number of hydrogen-bond acceptors (Lipinski definition) is 5. The number of amides is 4. The van der Waals surface area contributed by atoms with Gasteiger partial charge in [-0.25, -0.2) is 0 Å². The molecule has 0 N–H and O–H groups in total. The van der Waals surface area contributed by atoms with E-state index >= 15 is 0 Å². The van der Waals surface area contributed by atoms with E-state index in [0.29, 0.717) is 25.9 Å². The van der Waals surface area contributed by atoms with E-state index in [0.717, 1.165) is 30.7 Å². The van der Waals surface area contributed by atoms with Gasteiger partial charge in [0, 0.05) is 72.3 Å². The second-order valence-corrected chi connectivity index (χ2v) is 15.3. The molecule has 0 aromatic heterocycles. The number of rotatable bonds is 7. The second-order valence-electron chi connectivity index (χ2n) is 14.4. The highest BCUT2D eigenvalue weighted by atomic mass is 79.9. The van der Waals surface area contributed by atoms with E-state index in [4.69, 9.17) is 0 Å². The molecule has 4 amide bonds. The van der Waals surface area contributed by atoms with Crippen LogP contribution in [-0.2, 0) is 0 Å². The maximum absolute atomic E-state index is 14.8. The lowest BCUT2D eigenvalue weighted by molar-refractivity contribution is -0.354. The summed E-state index contributed by atoms with van der Waals surface area (Å²) in [7, 11) is 0. The lowest BCUT2D eigenvalue weighted by atomic mass is 9.81. The number of anilines is 1. The molecule has 7 nitrogen and oxygen atoms in total. The molecule has 8 rings (SSSR count). The molecule has 0 radical (unpaired) electrons. The Labute approximate surface area is 327 Å². The van der Waals surface area contributed by atoms with Crippen LogP contribution in [0.5, 0.6) is 0 Å². The van der Waals surface area contributed by atoms with Crippen LogP contribution >= 0.6 is 15.9 Å². The van der Waals surface area contributed by atoms with Gasteiger partial charge in [-0.3, -0.25) is 29.0 Å². The number of carbonyl (C=O) groups is 4. The minimum absolute atomic E-state index is 0.0542. The van der Waals surface area contributed by atoms with E-state index in [2.05, 4.69) is 15.9 Å². The minimum Gasteiger partial charge on any atom is -0.371 e. The molecule has 3 heterocycles. The zero-order valence-electron chi connectivity index (χ0n) is 29.1. The Hall–Kier alpha value is -5.02. The van der Waals surface area contributed by atoms with Crippen molar-refractivity contribution in [3.63, 3.8) is 0 Å². The highest BCUT2D eigenvalue weighted by Gasteiger charge is 2.74. The molecule has 1 fully saturated rings. The summed E-state index contributed by atoms with van der Waals surface area (Å²) >= 11 is 3.28. The average molecular weight is 916 g/mol. The molecule has 3 aliphatic rings. The molecular formula is C37H20BrF14N3O4. The normalized spacial score (nSPS) is 17.6. The fourth-order valence-electron chi connectivity index (χ4n) is 8.18. The summed E-state index contributed by atoms with van der Waals surface area (Å²) in [5.41, 5.74) is -2.02. The van der Waals surface area contributed by atoms with Gasteiger partial charge in [0.1, 0.15) is 0 Å². The topological polar surface area (TPSA) is 78.0 Å². The molecule has 0 spiro atoms. The van der Waals surface area contributed by atoms with Crippen molar-refractivity contribution in [1.82, 2.24) is 9.80 Å². The first-order valence-electron chi connectivity index (χ1n) is 17.2. The highest BCUT2D eigenvalue weighted by Crippen LogP contribution is 2.53. The number of carbonyl (C=O) groups excluding carboxylic acids is 4. The first-order chi connectivity index (χ1) is 27.2. The van der Waals surface area contributed by atoms with Gasteiger partial charge in [0.2, 0.25) is 0 Å². The van der Waals surface area contributed by atoms with Crippen molar-refractivity contribution in [3.8, 4) is 0 Å². The summed E-state index contributed by atoms with van der Waals surface area (Å²) in [6, 6.07) is 6.58. The molecular weight excluding hydrogens is 896 g/mol. The van der Waals surface area contributed by atoms with Gasteiger partial charge in [-0.15, -0.1) is 0 Å². The zero-order chi connectivity index (χ0) is 43.3. The van der Waals surface area contributed by atoms with E-state index in [1.807, 2.05) is 0 Å². The zero-order valence-corrected chi connectivity index (χ0v) is 30.6. The molecule has 1 saturated heterocycles. The Balaban J connectivity index is 1.38. The smallest absolute Gasteiger partial charge is 0.371 e. The van der Waals surface area contributed by atoms with Crippen LogP contribution in [0, 0.1) is 0 Å². The number of piperidine rings is 1. The first kappa shape index (κ1) is 40.7. The third-order valence-corrected chi connectivity index (χ3v) is 11.6. The number of fused-ring (bicyclic) bond motifs is 2.